The van der Waals surface area contributed by atoms with Gasteiger partial charge in [0.1, 0.15) is 0 Å². The zero-order valence-corrected chi connectivity index (χ0v) is 9.73. The molecule has 0 saturated heterocycles. The minimum Gasteiger partial charge on any atom is -0.388 e. The van der Waals surface area contributed by atoms with Crippen LogP contribution in [0.1, 0.15) is 18.6 Å². The maximum Gasteiger partial charge on any atom is 0.0827 e. The van der Waals surface area contributed by atoms with Crippen molar-refractivity contribution in [1.82, 2.24) is 0 Å². The highest BCUT2D eigenvalue weighted by Gasteiger charge is 2.14. The largest absolute Gasteiger partial charge is 0.388 e. The van der Waals surface area contributed by atoms with Crippen molar-refractivity contribution >= 4 is 22.6 Å². The molecule has 0 aliphatic rings. The molecule has 72 valence electrons. The van der Waals surface area contributed by atoms with Gasteiger partial charge in [-0.3, -0.25) is 0 Å². The Hall–Kier alpha value is -0.130. The molecule has 0 radical (unpaired) electrons. The SMILES string of the molecule is CC(CN)C(O)c1cccc(I)c1. The van der Waals surface area contributed by atoms with Gasteiger partial charge in [-0.15, -0.1) is 0 Å². The van der Waals surface area contributed by atoms with Crippen molar-refractivity contribution in [1.29, 1.82) is 0 Å². The minimum atomic E-state index is -0.445. The van der Waals surface area contributed by atoms with E-state index in [0.29, 0.717) is 6.54 Å². The maximum atomic E-state index is 9.83. The molecular weight excluding hydrogens is 277 g/mol. The maximum absolute atomic E-state index is 9.83. The Balaban J connectivity index is 2.82. The van der Waals surface area contributed by atoms with Gasteiger partial charge < -0.3 is 10.8 Å². The summed E-state index contributed by atoms with van der Waals surface area (Å²) in [5.41, 5.74) is 6.44. The number of nitrogens with two attached hydrogens (primary N) is 1. The van der Waals surface area contributed by atoms with E-state index in [0.717, 1.165) is 9.13 Å². The predicted molar refractivity (Wildman–Crippen MR) is 62.3 cm³/mol. The van der Waals surface area contributed by atoms with E-state index in [4.69, 9.17) is 5.73 Å². The molecule has 0 aliphatic carbocycles. The number of aliphatic hydroxyl groups is 1. The van der Waals surface area contributed by atoms with Gasteiger partial charge >= 0.3 is 0 Å². The molecule has 0 spiro atoms. The molecule has 1 aromatic carbocycles. The van der Waals surface area contributed by atoms with Crippen LogP contribution in [0.25, 0.3) is 0 Å². The average molecular weight is 291 g/mol. The van der Waals surface area contributed by atoms with Gasteiger partial charge in [0, 0.05) is 3.57 Å². The van der Waals surface area contributed by atoms with Crippen molar-refractivity contribution in [2.75, 3.05) is 6.54 Å². The molecule has 0 fully saturated rings. The van der Waals surface area contributed by atoms with Crippen LogP contribution < -0.4 is 5.73 Å². The Kier molecular flexibility index (Phi) is 4.15. The molecule has 1 aromatic rings. The van der Waals surface area contributed by atoms with Gasteiger partial charge in [0.15, 0.2) is 0 Å². The van der Waals surface area contributed by atoms with Crippen molar-refractivity contribution in [2.24, 2.45) is 11.7 Å². The highest BCUT2D eigenvalue weighted by atomic mass is 127. The summed E-state index contributed by atoms with van der Waals surface area (Å²) in [6, 6.07) is 7.86. The molecule has 2 atom stereocenters. The Morgan fingerprint density at radius 2 is 2.23 bits per heavy atom. The number of rotatable bonds is 3. The fraction of sp³-hybridized carbons (Fsp3) is 0.400. The standard InChI is InChI=1S/C10H14INO/c1-7(6-12)10(13)8-3-2-4-9(11)5-8/h2-5,7,10,13H,6,12H2,1H3. The fourth-order valence-corrected chi connectivity index (χ4v) is 1.72. The van der Waals surface area contributed by atoms with Crippen molar-refractivity contribution in [3.8, 4) is 0 Å². The molecule has 0 heterocycles. The predicted octanol–water partition coefficient (Wildman–Crippen LogP) is 1.92. The Labute approximate surface area is 92.3 Å². The van der Waals surface area contributed by atoms with Crippen molar-refractivity contribution in [2.45, 2.75) is 13.0 Å². The van der Waals surface area contributed by atoms with E-state index < -0.39 is 6.10 Å². The van der Waals surface area contributed by atoms with Crippen molar-refractivity contribution in [3.05, 3.63) is 33.4 Å². The van der Waals surface area contributed by atoms with Gasteiger partial charge in [0.05, 0.1) is 6.10 Å². The van der Waals surface area contributed by atoms with E-state index >= 15 is 0 Å². The van der Waals surface area contributed by atoms with Crippen LogP contribution in [0.15, 0.2) is 24.3 Å². The third-order valence-electron chi connectivity index (χ3n) is 2.10. The van der Waals surface area contributed by atoms with E-state index in [-0.39, 0.29) is 5.92 Å². The highest BCUT2D eigenvalue weighted by molar-refractivity contribution is 14.1. The van der Waals surface area contributed by atoms with Gasteiger partial charge in [0.2, 0.25) is 0 Å². The number of benzene rings is 1. The molecule has 13 heavy (non-hydrogen) atoms. The quantitative estimate of drug-likeness (QED) is 0.836. The number of hydrogen-bond donors (Lipinski definition) is 2. The molecule has 0 amide bonds. The normalized spacial score (nSPS) is 15.4. The summed E-state index contributed by atoms with van der Waals surface area (Å²) in [4.78, 5) is 0. The lowest BCUT2D eigenvalue weighted by Gasteiger charge is -2.17. The first-order chi connectivity index (χ1) is 6.15. The molecule has 0 saturated carbocycles. The summed E-state index contributed by atoms with van der Waals surface area (Å²) in [6.07, 6.45) is -0.445. The first-order valence-corrected chi connectivity index (χ1v) is 5.36. The van der Waals surface area contributed by atoms with Crippen LogP contribution >= 0.6 is 22.6 Å². The molecule has 3 heteroatoms. The van der Waals surface area contributed by atoms with E-state index in [1.165, 1.54) is 0 Å². The van der Waals surface area contributed by atoms with Crippen LogP contribution in [0.5, 0.6) is 0 Å². The summed E-state index contributed by atoms with van der Waals surface area (Å²) in [6.45, 7) is 2.46. The average Bonchev–Trinajstić information content (AvgIpc) is 2.15. The van der Waals surface area contributed by atoms with Crippen LogP contribution in [0.4, 0.5) is 0 Å². The van der Waals surface area contributed by atoms with Crippen LogP contribution in [0, 0.1) is 9.49 Å². The fourth-order valence-electron chi connectivity index (χ4n) is 1.15. The Morgan fingerprint density at radius 3 is 2.77 bits per heavy atom. The van der Waals surface area contributed by atoms with Crippen LogP contribution in [0.2, 0.25) is 0 Å². The number of hydrogen-bond acceptors (Lipinski definition) is 2. The van der Waals surface area contributed by atoms with Gasteiger partial charge in [-0.1, -0.05) is 19.1 Å². The number of halogens is 1. The molecule has 2 nitrogen and oxygen atoms in total. The van der Waals surface area contributed by atoms with Gasteiger partial charge in [-0.2, -0.15) is 0 Å². The molecule has 0 aromatic heterocycles. The Bertz CT molecular complexity index is 277. The topological polar surface area (TPSA) is 46.2 Å². The molecular formula is C10H14INO. The van der Waals surface area contributed by atoms with E-state index in [2.05, 4.69) is 22.6 Å². The van der Waals surface area contributed by atoms with Crippen molar-refractivity contribution in [3.63, 3.8) is 0 Å². The lowest BCUT2D eigenvalue weighted by molar-refractivity contribution is 0.121. The summed E-state index contributed by atoms with van der Waals surface area (Å²) < 4.78 is 1.14. The second-order valence-electron chi connectivity index (χ2n) is 3.21. The first-order valence-electron chi connectivity index (χ1n) is 4.28. The zero-order valence-electron chi connectivity index (χ0n) is 7.57. The van der Waals surface area contributed by atoms with E-state index in [1.807, 2.05) is 31.2 Å². The summed E-state index contributed by atoms with van der Waals surface area (Å²) in [5.74, 6) is 0.109. The third kappa shape index (κ3) is 2.93. The summed E-state index contributed by atoms with van der Waals surface area (Å²) >= 11 is 2.23. The van der Waals surface area contributed by atoms with Gasteiger partial charge in [0.25, 0.3) is 0 Å². The van der Waals surface area contributed by atoms with Crippen LogP contribution in [-0.2, 0) is 0 Å². The smallest absolute Gasteiger partial charge is 0.0827 e. The second kappa shape index (κ2) is 4.93. The highest BCUT2D eigenvalue weighted by Crippen LogP contribution is 2.22. The van der Waals surface area contributed by atoms with Crippen molar-refractivity contribution < 1.29 is 5.11 Å². The van der Waals surface area contributed by atoms with E-state index in [1.54, 1.807) is 0 Å². The molecule has 0 aliphatic heterocycles. The minimum absolute atomic E-state index is 0.109. The van der Waals surface area contributed by atoms with Gasteiger partial charge in [-0.05, 0) is 52.7 Å². The second-order valence-corrected chi connectivity index (χ2v) is 4.46. The number of aliphatic hydroxyl groups excluding tert-OH is 1. The molecule has 3 N–H and O–H groups in total. The molecule has 1 rings (SSSR count). The Morgan fingerprint density at radius 1 is 1.54 bits per heavy atom. The molecule has 2 unspecified atom stereocenters. The van der Waals surface area contributed by atoms with Gasteiger partial charge in [-0.25, -0.2) is 0 Å². The first kappa shape index (κ1) is 10.9. The van der Waals surface area contributed by atoms with Crippen LogP contribution in [-0.4, -0.2) is 11.7 Å². The lowest BCUT2D eigenvalue weighted by Crippen LogP contribution is -2.18. The zero-order chi connectivity index (χ0) is 9.84. The summed E-state index contributed by atoms with van der Waals surface area (Å²) in [5, 5.41) is 9.83. The third-order valence-corrected chi connectivity index (χ3v) is 2.77. The monoisotopic (exact) mass is 291 g/mol. The van der Waals surface area contributed by atoms with Crippen LogP contribution in [0.3, 0.4) is 0 Å². The summed E-state index contributed by atoms with van der Waals surface area (Å²) in [7, 11) is 0. The lowest BCUT2D eigenvalue weighted by atomic mass is 9.98. The van der Waals surface area contributed by atoms with E-state index in [9.17, 15) is 5.11 Å². The molecule has 0 bridgehead atoms.